The van der Waals surface area contributed by atoms with E-state index < -0.39 is 0 Å². The zero-order valence-corrected chi connectivity index (χ0v) is 14.4. The molecule has 0 aliphatic carbocycles. The molecule has 2 aromatic rings. The van der Waals surface area contributed by atoms with Gasteiger partial charge in [-0.3, -0.25) is 0 Å². The minimum Gasteiger partial charge on any atom is -0.329 e. The van der Waals surface area contributed by atoms with Gasteiger partial charge >= 0.3 is 0 Å². The van der Waals surface area contributed by atoms with E-state index in [4.69, 9.17) is 0 Å². The van der Waals surface area contributed by atoms with Crippen LogP contribution < -0.4 is 0 Å². The van der Waals surface area contributed by atoms with Crippen LogP contribution in [0.15, 0.2) is 22.0 Å². The number of imidazole rings is 1. The van der Waals surface area contributed by atoms with Crippen molar-refractivity contribution in [2.45, 2.75) is 38.6 Å². The first kappa shape index (κ1) is 14.7. The Balaban J connectivity index is 2.33. The van der Waals surface area contributed by atoms with Crippen molar-refractivity contribution in [1.29, 1.82) is 0 Å². The van der Waals surface area contributed by atoms with E-state index in [9.17, 15) is 0 Å². The van der Waals surface area contributed by atoms with Crippen molar-refractivity contribution >= 4 is 27.7 Å². The van der Waals surface area contributed by atoms with E-state index in [1.54, 1.807) is 11.8 Å². The number of rotatable bonds is 3. The Hall–Kier alpha value is -0.740. The highest BCUT2D eigenvalue weighted by atomic mass is 79.9. The largest absolute Gasteiger partial charge is 0.329 e. The van der Waals surface area contributed by atoms with Gasteiger partial charge in [0.25, 0.3) is 0 Å². The number of thioether (sulfide) groups is 1. The van der Waals surface area contributed by atoms with Gasteiger partial charge in [-0.2, -0.15) is 0 Å². The summed E-state index contributed by atoms with van der Waals surface area (Å²) in [5.41, 5.74) is 6.90. The molecule has 0 amide bonds. The van der Waals surface area contributed by atoms with Gasteiger partial charge in [0.05, 0.1) is 0 Å². The van der Waals surface area contributed by atoms with E-state index in [1.807, 2.05) is 19.4 Å². The van der Waals surface area contributed by atoms with Crippen LogP contribution in [0.4, 0.5) is 0 Å². The molecule has 19 heavy (non-hydrogen) atoms. The molecule has 1 aromatic heterocycles. The predicted molar refractivity (Wildman–Crippen MR) is 85.9 cm³/mol. The van der Waals surface area contributed by atoms with E-state index >= 15 is 0 Å². The predicted octanol–water partition coefficient (Wildman–Crippen LogP) is 4.71. The highest BCUT2D eigenvalue weighted by Gasteiger charge is 2.13. The van der Waals surface area contributed by atoms with Gasteiger partial charge < -0.3 is 4.57 Å². The van der Waals surface area contributed by atoms with E-state index in [0.29, 0.717) is 0 Å². The lowest BCUT2D eigenvalue weighted by Crippen LogP contribution is -2.00. The maximum absolute atomic E-state index is 4.37. The first-order valence-corrected chi connectivity index (χ1v) is 8.06. The number of aryl methyl sites for hydroxylation is 1. The van der Waals surface area contributed by atoms with Crippen molar-refractivity contribution in [3.63, 3.8) is 0 Å². The van der Waals surface area contributed by atoms with Gasteiger partial charge in [-0.15, -0.1) is 0 Å². The summed E-state index contributed by atoms with van der Waals surface area (Å²) in [7, 11) is 2.03. The summed E-state index contributed by atoms with van der Waals surface area (Å²) in [5, 5.41) is 1.07. The van der Waals surface area contributed by atoms with Crippen molar-refractivity contribution in [2.24, 2.45) is 7.05 Å². The number of benzene rings is 1. The first-order chi connectivity index (χ1) is 8.93. The molecular formula is C15H19BrN2S. The van der Waals surface area contributed by atoms with Crippen LogP contribution in [0.3, 0.4) is 0 Å². The number of aromatic nitrogens is 2. The van der Waals surface area contributed by atoms with Crippen LogP contribution in [0.5, 0.6) is 0 Å². The van der Waals surface area contributed by atoms with Gasteiger partial charge in [0.2, 0.25) is 0 Å². The molecule has 0 aliphatic heterocycles. The summed E-state index contributed by atoms with van der Waals surface area (Å²) >= 11 is 5.49. The molecule has 4 heteroatoms. The molecule has 0 spiro atoms. The molecule has 0 radical (unpaired) electrons. The fourth-order valence-electron chi connectivity index (χ4n) is 2.19. The van der Waals surface area contributed by atoms with Gasteiger partial charge in [-0.1, -0.05) is 27.7 Å². The van der Waals surface area contributed by atoms with Crippen molar-refractivity contribution in [2.75, 3.05) is 0 Å². The highest BCUT2D eigenvalue weighted by Crippen LogP contribution is 2.33. The SMILES string of the molecule is Cc1c(C)c(CSc2nccn2C)c(C)c(C)c1Br. The number of hydrogen-bond donors (Lipinski definition) is 0. The molecular weight excluding hydrogens is 320 g/mol. The van der Waals surface area contributed by atoms with Crippen molar-refractivity contribution < 1.29 is 0 Å². The molecule has 2 rings (SSSR count). The fourth-order valence-corrected chi connectivity index (χ4v) is 3.89. The van der Waals surface area contributed by atoms with E-state index in [2.05, 4.69) is 53.2 Å². The lowest BCUT2D eigenvalue weighted by Gasteiger charge is -2.17. The number of nitrogens with zero attached hydrogens (tertiary/aromatic N) is 2. The molecule has 0 saturated carbocycles. The van der Waals surface area contributed by atoms with Gasteiger partial charge in [-0.25, -0.2) is 4.98 Å². The molecule has 0 aliphatic rings. The second kappa shape index (κ2) is 5.71. The summed E-state index contributed by atoms with van der Waals surface area (Å²) in [6, 6.07) is 0. The quantitative estimate of drug-likeness (QED) is 0.754. The van der Waals surface area contributed by atoms with Crippen LogP contribution in [-0.2, 0) is 12.8 Å². The van der Waals surface area contributed by atoms with E-state index in [0.717, 1.165) is 10.9 Å². The van der Waals surface area contributed by atoms with Gasteiger partial charge in [0, 0.05) is 29.7 Å². The summed E-state index contributed by atoms with van der Waals surface area (Å²) in [6.45, 7) is 8.78. The standard InChI is InChI=1S/C15H19BrN2S/c1-9-11(3)14(16)12(4)10(2)13(9)8-19-15-17-6-7-18(15)5/h6-7H,8H2,1-5H3. The third kappa shape index (κ3) is 2.75. The molecule has 1 aromatic carbocycles. The van der Waals surface area contributed by atoms with E-state index in [1.165, 1.54) is 32.3 Å². The number of halogens is 1. The Morgan fingerprint density at radius 2 is 1.68 bits per heavy atom. The maximum Gasteiger partial charge on any atom is 0.167 e. The summed E-state index contributed by atoms with van der Waals surface area (Å²) in [5.74, 6) is 0.970. The van der Waals surface area contributed by atoms with Crippen molar-refractivity contribution in [3.05, 3.63) is 44.7 Å². The average Bonchev–Trinajstić information content (AvgIpc) is 2.80. The molecule has 0 bridgehead atoms. The molecule has 1 heterocycles. The minimum atomic E-state index is 0.970. The first-order valence-electron chi connectivity index (χ1n) is 6.28. The van der Waals surface area contributed by atoms with Crippen LogP contribution in [0, 0.1) is 27.7 Å². The van der Waals surface area contributed by atoms with Crippen LogP contribution in [0.1, 0.15) is 27.8 Å². The van der Waals surface area contributed by atoms with Crippen LogP contribution >= 0.6 is 27.7 Å². The molecule has 0 unspecified atom stereocenters. The zero-order valence-electron chi connectivity index (χ0n) is 12.0. The Bertz CT molecular complexity index is 588. The lowest BCUT2D eigenvalue weighted by atomic mass is 9.95. The van der Waals surface area contributed by atoms with Crippen LogP contribution in [0.2, 0.25) is 0 Å². The van der Waals surface area contributed by atoms with Gasteiger partial charge in [-0.05, 0) is 55.5 Å². The van der Waals surface area contributed by atoms with Gasteiger partial charge in [0.1, 0.15) is 0 Å². The highest BCUT2D eigenvalue weighted by molar-refractivity contribution is 9.10. The second-order valence-corrected chi connectivity index (χ2v) is 6.64. The zero-order chi connectivity index (χ0) is 14.2. The second-order valence-electron chi connectivity index (χ2n) is 4.90. The molecule has 2 nitrogen and oxygen atoms in total. The lowest BCUT2D eigenvalue weighted by molar-refractivity contribution is 0.790. The van der Waals surface area contributed by atoms with E-state index in [-0.39, 0.29) is 0 Å². The molecule has 0 atom stereocenters. The molecule has 102 valence electrons. The average molecular weight is 339 g/mol. The van der Waals surface area contributed by atoms with Crippen molar-refractivity contribution in [3.8, 4) is 0 Å². The smallest absolute Gasteiger partial charge is 0.167 e. The number of hydrogen-bond acceptors (Lipinski definition) is 2. The Kier molecular flexibility index (Phi) is 4.41. The summed E-state index contributed by atoms with van der Waals surface area (Å²) < 4.78 is 3.31. The normalized spacial score (nSPS) is 11.1. The van der Waals surface area contributed by atoms with Crippen LogP contribution in [0.25, 0.3) is 0 Å². The Morgan fingerprint density at radius 3 is 2.16 bits per heavy atom. The Morgan fingerprint density at radius 1 is 1.11 bits per heavy atom. The fraction of sp³-hybridized carbons (Fsp3) is 0.400. The Labute approximate surface area is 127 Å². The third-order valence-electron chi connectivity index (χ3n) is 3.81. The van der Waals surface area contributed by atoms with Crippen molar-refractivity contribution in [1.82, 2.24) is 9.55 Å². The maximum atomic E-state index is 4.37. The topological polar surface area (TPSA) is 17.8 Å². The summed E-state index contributed by atoms with van der Waals surface area (Å²) in [4.78, 5) is 4.37. The monoisotopic (exact) mass is 338 g/mol. The van der Waals surface area contributed by atoms with Crippen LogP contribution in [-0.4, -0.2) is 9.55 Å². The van der Waals surface area contributed by atoms with Gasteiger partial charge in [0.15, 0.2) is 5.16 Å². The third-order valence-corrected chi connectivity index (χ3v) is 6.09. The molecule has 0 N–H and O–H groups in total. The molecule has 0 saturated heterocycles. The molecule has 0 fully saturated rings. The summed E-state index contributed by atoms with van der Waals surface area (Å²) in [6.07, 6.45) is 3.83. The minimum absolute atomic E-state index is 0.970.